The summed E-state index contributed by atoms with van der Waals surface area (Å²) in [6.07, 6.45) is 6.81. The standard InChI is InChI=1S/C35H51N3O5/c1-32(2,3)24-19-25(22-9-13-33(4,5)14-10-22)36-26-20-27(43-28(24)26)30(40)38-18-17-37(21-34(38,6)7)29(39)23-11-15-35(8,16-12-23)31(41)42/h19-20,22-23H,9-18,21H2,1-8H3,(H,41,42)/t23-,35-. The molecule has 1 N–H and O–H groups in total. The van der Waals surface area contributed by atoms with Crippen molar-refractivity contribution in [3.05, 3.63) is 29.2 Å². The monoisotopic (exact) mass is 593 g/mol. The van der Waals surface area contributed by atoms with Crippen LogP contribution in [0.1, 0.15) is 134 Å². The van der Waals surface area contributed by atoms with E-state index >= 15 is 0 Å². The number of rotatable bonds is 4. The average molecular weight is 594 g/mol. The van der Waals surface area contributed by atoms with Crippen molar-refractivity contribution in [1.29, 1.82) is 0 Å². The number of fused-ring (bicyclic) bond motifs is 1. The average Bonchev–Trinajstić information content (AvgIpc) is 3.35. The highest BCUT2D eigenvalue weighted by Crippen LogP contribution is 2.44. The summed E-state index contributed by atoms with van der Waals surface area (Å²) in [5.74, 6) is -0.328. The van der Waals surface area contributed by atoms with E-state index < -0.39 is 16.9 Å². The Morgan fingerprint density at radius 3 is 2.12 bits per heavy atom. The van der Waals surface area contributed by atoms with Gasteiger partial charge < -0.3 is 19.3 Å². The first-order chi connectivity index (χ1) is 19.9. The summed E-state index contributed by atoms with van der Waals surface area (Å²) in [5.41, 5.74) is 2.49. The molecule has 8 nitrogen and oxygen atoms in total. The number of hydrogen-bond donors (Lipinski definition) is 1. The van der Waals surface area contributed by atoms with Gasteiger partial charge in [-0.05, 0) is 89.0 Å². The van der Waals surface area contributed by atoms with E-state index in [0.29, 0.717) is 68.0 Å². The second-order valence-corrected chi connectivity index (χ2v) is 16.3. The highest BCUT2D eigenvalue weighted by Gasteiger charge is 2.44. The lowest BCUT2D eigenvalue weighted by molar-refractivity contribution is -0.153. The largest absolute Gasteiger partial charge is 0.481 e. The van der Waals surface area contributed by atoms with Gasteiger partial charge in [-0.3, -0.25) is 14.4 Å². The van der Waals surface area contributed by atoms with Crippen molar-refractivity contribution in [2.24, 2.45) is 16.7 Å². The van der Waals surface area contributed by atoms with E-state index in [0.717, 1.165) is 29.6 Å². The molecule has 3 heterocycles. The van der Waals surface area contributed by atoms with Gasteiger partial charge in [-0.15, -0.1) is 0 Å². The first-order valence-electron chi connectivity index (χ1n) is 16.2. The molecule has 0 radical (unpaired) electrons. The number of amides is 2. The number of piperazine rings is 1. The molecule has 1 saturated heterocycles. The first-order valence-corrected chi connectivity index (χ1v) is 16.2. The Morgan fingerprint density at radius 2 is 1.56 bits per heavy atom. The third-order valence-corrected chi connectivity index (χ3v) is 10.7. The van der Waals surface area contributed by atoms with Crippen LogP contribution in [0.2, 0.25) is 0 Å². The molecule has 3 aliphatic rings. The van der Waals surface area contributed by atoms with Crippen molar-refractivity contribution >= 4 is 28.9 Å². The number of nitrogens with zero attached hydrogens (tertiary/aromatic N) is 3. The molecular weight excluding hydrogens is 542 g/mol. The molecule has 2 saturated carbocycles. The number of carbonyl (C=O) groups excluding carboxylic acids is 2. The van der Waals surface area contributed by atoms with E-state index in [1.54, 1.807) is 6.92 Å². The Balaban J connectivity index is 1.34. The zero-order valence-corrected chi connectivity index (χ0v) is 27.5. The van der Waals surface area contributed by atoms with E-state index in [4.69, 9.17) is 9.40 Å². The molecule has 3 fully saturated rings. The number of aliphatic carboxylic acids is 1. The van der Waals surface area contributed by atoms with E-state index in [2.05, 4.69) is 40.7 Å². The molecule has 2 aromatic heterocycles. The van der Waals surface area contributed by atoms with Gasteiger partial charge in [0.2, 0.25) is 5.91 Å². The minimum absolute atomic E-state index is 0.0778. The third-order valence-electron chi connectivity index (χ3n) is 10.7. The van der Waals surface area contributed by atoms with Gasteiger partial charge in [-0.25, -0.2) is 4.98 Å². The molecule has 236 valence electrons. The summed E-state index contributed by atoms with van der Waals surface area (Å²) in [7, 11) is 0. The molecule has 2 amide bonds. The van der Waals surface area contributed by atoms with Crippen LogP contribution in [0.3, 0.4) is 0 Å². The highest BCUT2D eigenvalue weighted by molar-refractivity contribution is 5.96. The van der Waals surface area contributed by atoms with Crippen molar-refractivity contribution in [3.63, 3.8) is 0 Å². The van der Waals surface area contributed by atoms with Crippen molar-refractivity contribution in [3.8, 4) is 0 Å². The van der Waals surface area contributed by atoms with Crippen molar-refractivity contribution in [2.75, 3.05) is 19.6 Å². The molecule has 8 heteroatoms. The Morgan fingerprint density at radius 1 is 0.930 bits per heavy atom. The predicted molar refractivity (Wildman–Crippen MR) is 167 cm³/mol. The lowest BCUT2D eigenvalue weighted by Crippen LogP contribution is -2.62. The van der Waals surface area contributed by atoms with Crippen LogP contribution in [0.15, 0.2) is 16.5 Å². The Bertz CT molecular complexity index is 1400. The maximum atomic E-state index is 14.0. The molecular formula is C35H51N3O5. The smallest absolute Gasteiger partial charge is 0.309 e. The molecule has 0 unspecified atom stereocenters. The summed E-state index contributed by atoms with van der Waals surface area (Å²) in [6, 6.07) is 4.03. The fraction of sp³-hybridized carbons (Fsp3) is 0.714. The van der Waals surface area contributed by atoms with Crippen molar-refractivity contribution in [1.82, 2.24) is 14.8 Å². The molecule has 2 aromatic rings. The summed E-state index contributed by atoms with van der Waals surface area (Å²) in [6.45, 7) is 18.3. The van der Waals surface area contributed by atoms with Crippen LogP contribution in [0.5, 0.6) is 0 Å². The molecule has 2 aliphatic carbocycles. The molecule has 0 aromatic carbocycles. The van der Waals surface area contributed by atoms with Gasteiger partial charge >= 0.3 is 5.97 Å². The number of carboxylic acids is 1. The van der Waals surface area contributed by atoms with Gasteiger partial charge in [0.25, 0.3) is 5.91 Å². The van der Waals surface area contributed by atoms with Crippen LogP contribution in [0.25, 0.3) is 11.1 Å². The summed E-state index contributed by atoms with van der Waals surface area (Å²) >= 11 is 0. The number of aromatic nitrogens is 1. The van der Waals surface area contributed by atoms with Crippen molar-refractivity contribution in [2.45, 2.75) is 124 Å². The van der Waals surface area contributed by atoms with Gasteiger partial charge in [0.1, 0.15) is 5.52 Å². The van der Waals surface area contributed by atoms with Crippen LogP contribution in [-0.4, -0.2) is 62.8 Å². The second-order valence-electron chi connectivity index (χ2n) is 16.3. The van der Waals surface area contributed by atoms with Gasteiger partial charge in [0.15, 0.2) is 11.3 Å². The third kappa shape index (κ3) is 6.21. The minimum Gasteiger partial charge on any atom is -0.481 e. The summed E-state index contributed by atoms with van der Waals surface area (Å²) in [5, 5.41) is 9.56. The zero-order valence-electron chi connectivity index (χ0n) is 27.5. The Labute approximate surface area is 256 Å². The van der Waals surface area contributed by atoms with Gasteiger partial charge in [0, 0.05) is 48.8 Å². The molecule has 0 bridgehead atoms. The number of pyridine rings is 1. The predicted octanol–water partition coefficient (Wildman–Crippen LogP) is 7.15. The molecule has 0 spiro atoms. The van der Waals surface area contributed by atoms with Crippen LogP contribution in [0.4, 0.5) is 0 Å². The first kappa shape index (κ1) is 31.5. The zero-order chi connectivity index (χ0) is 31.5. The summed E-state index contributed by atoms with van der Waals surface area (Å²) < 4.78 is 6.34. The van der Waals surface area contributed by atoms with Crippen LogP contribution in [0, 0.1) is 16.7 Å². The van der Waals surface area contributed by atoms with E-state index in [9.17, 15) is 19.5 Å². The maximum absolute atomic E-state index is 14.0. The van der Waals surface area contributed by atoms with Crippen molar-refractivity contribution < 1.29 is 23.9 Å². The normalized spacial score (nSPS) is 26.5. The van der Waals surface area contributed by atoms with Crippen LogP contribution < -0.4 is 0 Å². The lowest BCUT2D eigenvalue weighted by atomic mass is 9.71. The summed E-state index contributed by atoms with van der Waals surface area (Å²) in [4.78, 5) is 47.8. The van der Waals surface area contributed by atoms with Gasteiger partial charge in [0.05, 0.1) is 11.0 Å². The van der Waals surface area contributed by atoms with E-state index in [1.807, 2.05) is 29.7 Å². The second kappa shape index (κ2) is 10.9. The Kier molecular flexibility index (Phi) is 8.00. The van der Waals surface area contributed by atoms with E-state index in [1.165, 1.54) is 12.8 Å². The number of furan rings is 1. The molecule has 1 aliphatic heterocycles. The fourth-order valence-electron chi connectivity index (χ4n) is 7.44. The molecule has 5 rings (SSSR count). The molecule has 0 atom stereocenters. The number of carbonyl (C=O) groups is 3. The van der Waals surface area contributed by atoms with Gasteiger partial charge in [-0.1, -0.05) is 34.6 Å². The van der Waals surface area contributed by atoms with Crippen LogP contribution >= 0.6 is 0 Å². The number of carboxylic acid groups (broad SMARTS) is 1. The highest BCUT2D eigenvalue weighted by atomic mass is 16.4. The topological polar surface area (TPSA) is 104 Å². The Hall–Kier alpha value is -2.90. The van der Waals surface area contributed by atoms with Crippen LogP contribution in [-0.2, 0) is 15.0 Å². The van der Waals surface area contributed by atoms with Gasteiger partial charge in [-0.2, -0.15) is 0 Å². The fourth-order valence-corrected chi connectivity index (χ4v) is 7.44. The molecule has 43 heavy (non-hydrogen) atoms. The minimum atomic E-state index is -0.781. The number of hydrogen-bond acceptors (Lipinski definition) is 5. The maximum Gasteiger partial charge on any atom is 0.309 e. The quantitative estimate of drug-likeness (QED) is 0.404. The lowest BCUT2D eigenvalue weighted by Gasteiger charge is -2.48. The van der Waals surface area contributed by atoms with E-state index in [-0.39, 0.29) is 23.1 Å². The SMILES string of the molecule is CC1(C)CCC(c2cc(C(C)(C)C)c3oc(C(=O)N4CCN(C(=O)[C@H]5CC[C@](C)(C(=O)O)CC5)CC4(C)C)cc3n2)CC1.